The first kappa shape index (κ1) is 15.3. The summed E-state index contributed by atoms with van der Waals surface area (Å²) in [7, 11) is 1.68. The topological polar surface area (TPSA) is 56.3 Å². The maximum atomic E-state index is 5.88. The first-order valence-electron chi connectivity index (χ1n) is 6.43. The molecule has 0 spiro atoms. The highest BCUT2D eigenvalue weighted by Crippen LogP contribution is 2.32. The molecule has 1 rings (SSSR count). The molecule has 0 saturated heterocycles. The highest BCUT2D eigenvalue weighted by atomic mass is 32.1. The molecule has 1 N–H and O–H groups in total. The summed E-state index contributed by atoms with van der Waals surface area (Å²) in [6.07, 6.45) is 1.76. The molecule has 6 heteroatoms. The summed E-state index contributed by atoms with van der Waals surface area (Å²) >= 11 is 1.38. The summed E-state index contributed by atoms with van der Waals surface area (Å²) in [4.78, 5) is 4.53. The van der Waals surface area contributed by atoms with Crippen LogP contribution in [0.3, 0.4) is 0 Å². The first-order chi connectivity index (χ1) is 8.72. The van der Waals surface area contributed by atoms with Gasteiger partial charge in [-0.1, -0.05) is 13.8 Å². The number of anilines is 1. The van der Waals surface area contributed by atoms with Crippen LogP contribution in [0.4, 0.5) is 5.13 Å². The van der Waals surface area contributed by atoms with Crippen molar-refractivity contribution in [3.8, 4) is 0 Å². The van der Waals surface area contributed by atoms with E-state index in [-0.39, 0.29) is 5.60 Å². The molecule has 0 aromatic carbocycles. The minimum Gasteiger partial charge on any atom is -0.383 e. The Morgan fingerprint density at radius 2 is 2.00 bits per heavy atom. The van der Waals surface area contributed by atoms with Gasteiger partial charge in [-0.15, -0.1) is 0 Å². The average Bonchev–Trinajstić information content (AvgIpc) is 2.86. The molecule has 0 amide bonds. The van der Waals surface area contributed by atoms with E-state index in [0.717, 1.165) is 30.3 Å². The molecule has 0 aliphatic heterocycles. The van der Waals surface area contributed by atoms with Gasteiger partial charge in [0.1, 0.15) is 5.60 Å². The minimum absolute atomic E-state index is 0.341. The van der Waals surface area contributed by atoms with E-state index in [4.69, 9.17) is 9.47 Å². The fraction of sp³-hybridized carbons (Fsp3) is 0.833. The van der Waals surface area contributed by atoms with E-state index in [1.54, 1.807) is 7.11 Å². The number of nitrogens with zero attached hydrogens (tertiary/aromatic N) is 2. The Morgan fingerprint density at radius 3 is 2.56 bits per heavy atom. The van der Waals surface area contributed by atoms with Gasteiger partial charge in [0.15, 0.2) is 5.82 Å². The Bertz CT molecular complexity index is 340. The van der Waals surface area contributed by atoms with Gasteiger partial charge in [-0.05, 0) is 19.8 Å². The van der Waals surface area contributed by atoms with Crippen molar-refractivity contribution in [2.45, 2.75) is 39.2 Å². The normalized spacial score (nSPS) is 11.8. The van der Waals surface area contributed by atoms with Crippen LogP contribution in [0.25, 0.3) is 0 Å². The minimum atomic E-state index is -0.341. The third-order valence-corrected chi connectivity index (χ3v) is 3.65. The fourth-order valence-electron chi connectivity index (χ4n) is 1.85. The Kier molecular flexibility index (Phi) is 6.52. The van der Waals surface area contributed by atoms with Crippen LogP contribution >= 0.6 is 11.5 Å². The van der Waals surface area contributed by atoms with Crippen molar-refractivity contribution >= 4 is 16.7 Å². The Balaban J connectivity index is 2.74. The van der Waals surface area contributed by atoms with E-state index < -0.39 is 0 Å². The van der Waals surface area contributed by atoms with Crippen molar-refractivity contribution in [2.75, 3.05) is 32.2 Å². The smallest absolute Gasteiger partial charge is 0.202 e. The SMILES string of the molecule is CCOC(CC)(CC)c1nsc(NCCOC)n1. The van der Waals surface area contributed by atoms with Crippen LogP contribution in [0.2, 0.25) is 0 Å². The van der Waals surface area contributed by atoms with Gasteiger partial charge < -0.3 is 14.8 Å². The summed E-state index contributed by atoms with van der Waals surface area (Å²) in [6, 6.07) is 0. The number of hydrogen-bond donors (Lipinski definition) is 1. The Labute approximate surface area is 113 Å². The molecule has 0 saturated carbocycles. The van der Waals surface area contributed by atoms with Gasteiger partial charge in [0.05, 0.1) is 6.61 Å². The number of rotatable bonds is 9. The molecular formula is C12H23N3O2S. The lowest BCUT2D eigenvalue weighted by molar-refractivity contribution is -0.0562. The number of methoxy groups -OCH3 is 1. The van der Waals surface area contributed by atoms with Crippen molar-refractivity contribution < 1.29 is 9.47 Å². The van der Waals surface area contributed by atoms with Gasteiger partial charge >= 0.3 is 0 Å². The third-order valence-electron chi connectivity index (χ3n) is 2.98. The molecule has 0 bridgehead atoms. The van der Waals surface area contributed by atoms with E-state index >= 15 is 0 Å². The molecule has 1 aromatic rings. The van der Waals surface area contributed by atoms with E-state index in [1.807, 2.05) is 6.92 Å². The van der Waals surface area contributed by atoms with Gasteiger partial charge in [-0.25, -0.2) is 4.98 Å². The molecule has 5 nitrogen and oxygen atoms in total. The summed E-state index contributed by atoms with van der Waals surface area (Å²) in [6.45, 7) is 8.30. The second-order valence-corrected chi connectivity index (χ2v) is 4.73. The fourth-order valence-corrected chi connectivity index (χ4v) is 2.53. The molecule has 0 atom stereocenters. The van der Waals surface area contributed by atoms with Crippen molar-refractivity contribution in [3.63, 3.8) is 0 Å². The van der Waals surface area contributed by atoms with Crippen molar-refractivity contribution in [1.82, 2.24) is 9.36 Å². The van der Waals surface area contributed by atoms with E-state index in [9.17, 15) is 0 Å². The number of nitrogens with one attached hydrogen (secondary N) is 1. The van der Waals surface area contributed by atoms with E-state index in [1.165, 1.54) is 11.5 Å². The van der Waals surface area contributed by atoms with Crippen LogP contribution in [0.1, 0.15) is 39.4 Å². The second-order valence-electron chi connectivity index (χ2n) is 3.98. The van der Waals surface area contributed by atoms with Crippen molar-refractivity contribution in [2.24, 2.45) is 0 Å². The summed E-state index contributed by atoms with van der Waals surface area (Å²) in [5.74, 6) is 0.791. The number of hydrogen-bond acceptors (Lipinski definition) is 6. The lowest BCUT2D eigenvalue weighted by Crippen LogP contribution is -2.29. The molecule has 0 radical (unpaired) electrons. The predicted octanol–water partition coefficient (Wildman–Crippen LogP) is 2.65. The molecule has 0 aliphatic carbocycles. The van der Waals surface area contributed by atoms with E-state index in [2.05, 4.69) is 28.5 Å². The molecule has 0 fully saturated rings. The van der Waals surface area contributed by atoms with Gasteiger partial charge in [-0.2, -0.15) is 4.37 Å². The number of aromatic nitrogens is 2. The number of ether oxygens (including phenoxy) is 2. The monoisotopic (exact) mass is 273 g/mol. The van der Waals surface area contributed by atoms with Gasteiger partial charge in [0.25, 0.3) is 0 Å². The second kappa shape index (κ2) is 7.66. The van der Waals surface area contributed by atoms with Crippen LogP contribution in [-0.2, 0) is 15.1 Å². The molecule has 0 unspecified atom stereocenters. The maximum Gasteiger partial charge on any atom is 0.202 e. The highest BCUT2D eigenvalue weighted by Gasteiger charge is 2.33. The largest absolute Gasteiger partial charge is 0.383 e. The Morgan fingerprint density at radius 1 is 1.28 bits per heavy atom. The van der Waals surface area contributed by atoms with Crippen LogP contribution in [-0.4, -0.2) is 36.2 Å². The van der Waals surface area contributed by atoms with Gasteiger partial charge in [0, 0.05) is 31.8 Å². The van der Waals surface area contributed by atoms with Gasteiger partial charge in [-0.3, -0.25) is 0 Å². The molecular weight excluding hydrogens is 250 g/mol. The summed E-state index contributed by atoms with van der Waals surface area (Å²) in [5, 5.41) is 4.02. The molecule has 1 heterocycles. The first-order valence-corrected chi connectivity index (χ1v) is 7.20. The van der Waals surface area contributed by atoms with Crippen LogP contribution in [0, 0.1) is 0 Å². The highest BCUT2D eigenvalue weighted by molar-refractivity contribution is 7.09. The van der Waals surface area contributed by atoms with Crippen molar-refractivity contribution in [1.29, 1.82) is 0 Å². The molecule has 0 aliphatic rings. The lowest BCUT2D eigenvalue weighted by Gasteiger charge is -2.28. The zero-order valence-corrected chi connectivity index (χ0v) is 12.5. The quantitative estimate of drug-likeness (QED) is 0.701. The van der Waals surface area contributed by atoms with Crippen LogP contribution in [0.15, 0.2) is 0 Å². The Hall–Kier alpha value is -0.720. The predicted molar refractivity (Wildman–Crippen MR) is 74.2 cm³/mol. The summed E-state index contributed by atoms with van der Waals surface area (Å²) in [5.41, 5.74) is -0.341. The molecule has 1 aromatic heterocycles. The van der Waals surface area contributed by atoms with Crippen molar-refractivity contribution in [3.05, 3.63) is 5.82 Å². The zero-order chi connectivity index (χ0) is 13.4. The zero-order valence-electron chi connectivity index (χ0n) is 11.7. The lowest BCUT2D eigenvalue weighted by atomic mass is 9.96. The van der Waals surface area contributed by atoms with E-state index in [0.29, 0.717) is 13.2 Å². The summed E-state index contributed by atoms with van der Waals surface area (Å²) < 4.78 is 15.3. The standard InChI is InChI=1S/C12H23N3O2S/c1-5-12(6-2,17-7-3)10-14-11(18-15-10)13-8-9-16-4/h5-9H2,1-4H3,(H,13,14,15). The molecule has 104 valence electrons. The van der Waals surface area contributed by atoms with Crippen LogP contribution in [0.5, 0.6) is 0 Å². The van der Waals surface area contributed by atoms with Gasteiger partial charge in [0.2, 0.25) is 5.13 Å². The average molecular weight is 273 g/mol. The molecule has 18 heavy (non-hydrogen) atoms. The van der Waals surface area contributed by atoms with Crippen LogP contribution < -0.4 is 5.32 Å². The maximum absolute atomic E-state index is 5.88. The third kappa shape index (κ3) is 3.63.